The first-order valence-corrected chi connectivity index (χ1v) is 12.2. The molecule has 2 aliphatic rings. The van der Waals surface area contributed by atoms with Crippen LogP contribution in [0.3, 0.4) is 0 Å². The van der Waals surface area contributed by atoms with Crippen LogP contribution in [0.2, 0.25) is 0 Å². The molecule has 3 heterocycles. The van der Waals surface area contributed by atoms with Crippen LogP contribution >= 0.6 is 34.4 Å². The van der Waals surface area contributed by atoms with Crippen LogP contribution in [0.5, 0.6) is 0 Å². The van der Waals surface area contributed by atoms with Crippen LogP contribution in [0.1, 0.15) is 52.9 Å². The Hall–Kier alpha value is -1.78. The van der Waals surface area contributed by atoms with Gasteiger partial charge in [-0.15, -0.1) is 33.3 Å². The minimum atomic E-state index is -0.112. The maximum Gasteiger partial charge on any atom is 0.259 e. The quantitative estimate of drug-likeness (QED) is 0.617. The fourth-order valence-corrected chi connectivity index (χ4v) is 6.35. The van der Waals surface area contributed by atoms with Crippen molar-refractivity contribution in [2.45, 2.75) is 50.2 Å². The lowest BCUT2D eigenvalue weighted by Crippen LogP contribution is -2.15. The number of nitrogens with zero attached hydrogens (tertiary/aromatic N) is 3. The molecule has 1 fully saturated rings. The van der Waals surface area contributed by atoms with Crippen LogP contribution in [-0.2, 0) is 23.4 Å². The number of H-pyrrole nitrogens is 1. The number of aromatic nitrogens is 4. The van der Waals surface area contributed by atoms with Crippen molar-refractivity contribution in [2.75, 3.05) is 11.1 Å². The van der Waals surface area contributed by atoms with Gasteiger partial charge < -0.3 is 4.98 Å². The van der Waals surface area contributed by atoms with Gasteiger partial charge in [0.25, 0.3) is 5.56 Å². The van der Waals surface area contributed by atoms with Gasteiger partial charge in [0.05, 0.1) is 16.9 Å². The van der Waals surface area contributed by atoms with E-state index in [0.29, 0.717) is 22.6 Å². The van der Waals surface area contributed by atoms with Crippen molar-refractivity contribution in [1.29, 1.82) is 0 Å². The Morgan fingerprint density at radius 2 is 2.07 bits per heavy atom. The molecule has 1 amide bonds. The van der Waals surface area contributed by atoms with Gasteiger partial charge >= 0.3 is 0 Å². The number of thiophene rings is 1. The standard InChI is InChI=1S/C18H19N5O2S3/c24-13(21-18-23-22-16(28-18)9-5-6-9)8-26-7-12-19-15(25)14-10-3-1-2-4-11(10)27-17(14)20-12/h9H,1-8H2,(H,19,20,25)(H,21,23,24). The third-order valence-electron chi connectivity index (χ3n) is 4.96. The number of carbonyl (C=O) groups is 1. The van der Waals surface area contributed by atoms with Gasteiger partial charge in [0.1, 0.15) is 15.7 Å². The lowest BCUT2D eigenvalue weighted by Gasteiger charge is -2.09. The summed E-state index contributed by atoms with van der Waals surface area (Å²) in [6.45, 7) is 0. The van der Waals surface area contributed by atoms with E-state index in [-0.39, 0.29) is 17.2 Å². The Morgan fingerprint density at radius 1 is 1.21 bits per heavy atom. The number of rotatable bonds is 6. The SMILES string of the molecule is O=C(CSCc1nc2sc3c(c2c(=O)[nH]1)CCCC3)Nc1nnc(C2CC2)s1. The van der Waals surface area contributed by atoms with Gasteiger partial charge in [0, 0.05) is 10.8 Å². The zero-order valence-electron chi connectivity index (χ0n) is 15.1. The third kappa shape index (κ3) is 3.72. The molecule has 0 unspecified atom stereocenters. The van der Waals surface area contributed by atoms with Gasteiger partial charge in [0.2, 0.25) is 11.0 Å². The summed E-state index contributed by atoms with van der Waals surface area (Å²) in [5.41, 5.74) is 1.15. The smallest absolute Gasteiger partial charge is 0.259 e. The van der Waals surface area contributed by atoms with Crippen LogP contribution in [0.15, 0.2) is 4.79 Å². The summed E-state index contributed by atoms with van der Waals surface area (Å²) in [6.07, 6.45) is 6.69. The Balaban J connectivity index is 1.20. The van der Waals surface area contributed by atoms with E-state index in [4.69, 9.17) is 0 Å². The molecule has 0 aliphatic heterocycles. The van der Waals surface area contributed by atoms with E-state index >= 15 is 0 Å². The van der Waals surface area contributed by atoms with Gasteiger partial charge in [-0.1, -0.05) is 11.3 Å². The predicted molar refractivity (Wildman–Crippen MR) is 114 cm³/mol. The molecule has 28 heavy (non-hydrogen) atoms. The van der Waals surface area contributed by atoms with Crippen LogP contribution in [-0.4, -0.2) is 31.8 Å². The number of aromatic amines is 1. The minimum absolute atomic E-state index is 0.0501. The second-order valence-electron chi connectivity index (χ2n) is 7.16. The zero-order valence-corrected chi connectivity index (χ0v) is 17.6. The number of hydrogen-bond donors (Lipinski definition) is 2. The lowest BCUT2D eigenvalue weighted by atomic mass is 9.97. The van der Waals surface area contributed by atoms with Crippen molar-refractivity contribution < 1.29 is 4.79 Å². The largest absolute Gasteiger partial charge is 0.309 e. The molecule has 0 aromatic carbocycles. The molecule has 146 valence electrons. The van der Waals surface area contributed by atoms with Crippen LogP contribution in [0.25, 0.3) is 10.2 Å². The summed E-state index contributed by atoms with van der Waals surface area (Å²) in [6, 6.07) is 0. The number of aryl methyl sites for hydroxylation is 2. The Morgan fingerprint density at radius 3 is 2.93 bits per heavy atom. The van der Waals surface area contributed by atoms with Gasteiger partial charge in [-0.05, 0) is 44.1 Å². The molecular formula is C18H19N5O2S3. The predicted octanol–water partition coefficient (Wildman–Crippen LogP) is 3.46. The highest BCUT2D eigenvalue weighted by molar-refractivity contribution is 7.99. The summed E-state index contributed by atoms with van der Waals surface area (Å²) < 4.78 is 0. The third-order valence-corrected chi connectivity index (χ3v) is 8.09. The lowest BCUT2D eigenvalue weighted by molar-refractivity contribution is -0.113. The van der Waals surface area contributed by atoms with Crippen molar-refractivity contribution in [2.24, 2.45) is 0 Å². The number of hydrogen-bond acceptors (Lipinski definition) is 8. The molecule has 3 aromatic heterocycles. The molecule has 0 saturated heterocycles. The monoisotopic (exact) mass is 433 g/mol. The van der Waals surface area contributed by atoms with Crippen LogP contribution in [0.4, 0.5) is 5.13 Å². The Bertz CT molecular complexity index is 1100. The van der Waals surface area contributed by atoms with Crippen molar-refractivity contribution in [1.82, 2.24) is 20.2 Å². The second kappa shape index (κ2) is 7.57. The Labute approximate surface area is 173 Å². The maximum atomic E-state index is 12.5. The average molecular weight is 434 g/mol. The fraction of sp³-hybridized carbons (Fsp3) is 0.500. The molecule has 0 spiro atoms. The normalized spacial score (nSPS) is 16.3. The van der Waals surface area contributed by atoms with Gasteiger partial charge in [-0.2, -0.15) is 0 Å². The van der Waals surface area contributed by atoms with E-state index in [1.807, 2.05) is 0 Å². The van der Waals surface area contributed by atoms with Gasteiger partial charge in [-0.25, -0.2) is 4.98 Å². The summed E-state index contributed by atoms with van der Waals surface area (Å²) in [4.78, 5) is 34.4. The highest BCUT2D eigenvalue weighted by atomic mass is 32.2. The molecule has 0 atom stereocenters. The topological polar surface area (TPSA) is 101 Å². The van der Waals surface area contributed by atoms with Gasteiger partial charge in [-0.3, -0.25) is 14.9 Å². The number of fused-ring (bicyclic) bond motifs is 3. The molecule has 0 radical (unpaired) electrons. The van der Waals surface area contributed by atoms with Crippen molar-refractivity contribution >= 4 is 55.7 Å². The maximum absolute atomic E-state index is 12.5. The van der Waals surface area contributed by atoms with E-state index < -0.39 is 0 Å². The van der Waals surface area contributed by atoms with Crippen LogP contribution < -0.4 is 10.9 Å². The number of amides is 1. The minimum Gasteiger partial charge on any atom is -0.309 e. The average Bonchev–Trinajstić information content (AvgIpc) is 3.30. The van der Waals surface area contributed by atoms with E-state index in [9.17, 15) is 9.59 Å². The van der Waals surface area contributed by atoms with Crippen molar-refractivity contribution in [3.63, 3.8) is 0 Å². The van der Waals surface area contributed by atoms with E-state index in [1.54, 1.807) is 11.3 Å². The summed E-state index contributed by atoms with van der Waals surface area (Å²) in [5, 5.41) is 13.3. The Kier molecular flexibility index (Phi) is 4.93. The highest BCUT2D eigenvalue weighted by Gasteiger charge is 2.27. The number of anilines is 1. The summed E-state index contributed by atoms with van der Waals surface area (Å²) in [5.74, 6) is 1.82. The van der Waals surface area contributed by atoms with E-state index in [1.165, 1.54) is 52.8 Å². The molecule has 1 saturated carbocycles. The first-order valence-electron chi connectivity index (χ1n) is 9.42. The molecule has 5 rings (SSSR count). The molecule has 2 aliphatic carbocycles. The zero-order chi connectivity index (χ0) is 19.1. The molecule has 3 aromatic rings. The molecule has 10 heteroatoms. The first kappa shape index (κ1) is 18.3. The summed E-state index contributed by atoms with van der Waals surface area (Å²) in [7, 11) is 0. The summed E-state index contributed by atoms with van der Waals surface area (Å²) >= 11 is 4.53. The molecule has 0 bridgehead atoms. The molecule has 7 nitrogen and oxygen atoms in total. The number of nitrogens with one attached hydrogen (secondary N) is 2. The second-order valence-corrected chi connectivity index (χ2v) is 10.2. The van der Waals surface area contributed by atoms with Gasteiger partial charge in [0.15, 0.2) is 0 Å². The number of thioether (sulfide) groups is 1. The molecule has 2 N–H and O–H groups in total. The fourth-order valence-electron chi connectivity index (χ4n) is 3.45. The van der Waals surface area contributed by atoms with Crippen LogP contribution in [0, 0.1) is 0 Å². The number of carbonyl (C=O) groups excluding carboxylic acids is 1. The van der Waals surface area contributed by atoms with E-state index in [0.717, 1.165) is 34.5 Å². The van der Waals surface area contributed by atoms with E-state index in [2.05, 4.69) is 25.5 Å². The van der Waals surface area contributed by atoms with Crippen molar-refractivity contribution in [3.8, 4) is 0 Å². The highest BCUT2D eigenvalue weighted by Crippen LogP contribution is 2.42. The first-order chi connectivity index (χ1) is 13.7. The van der Waals surface area contributed by atoms with Crippen molar-refractivity contribution in [3.05, 3.63) is 31.6 Å². The molecular weight excluding hydrogens is 414 g/mol.